The summed E-state index contributed by atoms with van der Waals surface area (Å²) in [6.07, 6.45) is 5.45. The Morgan fingerprint density at radius 2 is 1.21 bits per heavy atom. The van der Waals surface area contributed by atoms with Crippen LogP contribution in [0.4, 0.5) is 13.2 Å². The zero-order valence-corrected chi connectivity index (χ0v) is 25.0. The molecule has 7 rings (SSSR count). The van der Waals surface area contributed by atoms with Crippen molar-refractivity contribution in [3.63, 3.8) is 0 Å². The fourth-order valence-electron chi connectivity index (χ4n) is 7.97. The molecule has 3 aromatic rings. The van der Waals surface area contributed by atoms with Crippen LogP contribution in [0, 0.1) is 29.3 Å². The van der Waals surface area contributed by atoms with E-state index in [-0.39, 0.29) is 35.1 Å². The fraction of sp³-hybridized carbons (Fsp3) is 0.472. The maximum absolute atomic E-state index is 13.9. The first-order chi connectivity index (χ1) is 20.6. The van der Waals surface area contributed by atoms with Gasteiger partial charge in [-0.1, -0.05) is 18.2 Å². The molecule has 1 N–H and O–H groups in total. The van der Waals surface area contributed by atoms with E-state index in [4.69, 9.17) is 0 Å². The second kappa shape index (κ2) is 12.2. The van der Waals surface area contributed by atoms with Crippen molar-refractivity contribution in [2.24, 2.45) is 11.8 Å². The van der Waals surface area contributed by atoms with Crippen molar-refractivity contribution in [3.8, 4) is 0 Å². The van der Waals surface area contributed by atoms with E-state index in [1.807, 2.05) is 0 Å². The average molecular weight is 591 g/mol. The van der Waals surface area contributed by atoms with Gasteiger partial charge in [0.05, 0.1) is 0 Å². The molecule has 4 nitrogen and oxygen atoms in total. The number of hydrogen-bond donors (Lipinski definition) is 1. The number of benzene rings is 3. The normalized spacial score (nSPS) is 26.6. The van der Waals surface area contributed by atoms with Crippen molar-refractivity contribution < 1.29 is 23.1 Å². The number of likely N-dealkylation sites (tertiary alicyclic amines) is 2. The molecule has 2 saturated heterocycles. The van der Waals surface area contributed by atoms with Gasteiger partial charge in [0.1, 0.15) is 23.1 Å². The molecule has 0 amide bonds. The zero-order chi connectivity index (χ0) is 30.3. The highest BCUT2D eigenvalue weighted by atomic mass is 19.1. The zero-order valence-electron chi connectivity index (χ0n) is 25.0. The molecule has 228 valence electrons. The fourth-order valence-corrected chi connectivity index (χ4v) is 7.97. The third kappa shape index (κ3) is 6.04. The highest BCUT2D eigenvalue weighted by Gasteiger charge is 2.46. The molecule has 4 aliphatic rings. The van der Waals surface area contributed by atoms with Gasteiger partial charge in [0.2, 0.25) is 0 Å². The highest BCUT2D eigenvalue weighted by Crippen LogP contribution is 2.53. The van der Waals surface area contributed by atoms with Crippen LogP contribution in [0.3, 0.4) is 0 Å². The predicted octanol–water partition coefficient (Wildman–Crippen LogP) is 6.87. The quantitative estimate of drug-likeness (QED) is 0.362. The lowest BCUT2D eigenvalue weighted by Crippen LogP contribution is -2.33. The van der Waals surface area contributed by atoms with Crippen LogP contribution in [0.25, 0.3) is 0 Å². The van der Waals surface area contributed by atoms with Gasteiger partial charge in [-0.2, -0.15) is 0 Å². The summed E-state index contributed by atoms with van der Waals surface area (Å²) in [5, 5.41) is 11.5. The van der Waals surface area contributed by atoms with Gasteiger partial charge < -0.3 is 14.9 Å². The van der Waals surface area contributed by atoms with Crippen molar-refractivity contribution in [2.45, 2.75) is 56.0 Å². The third-order valence-corrected chi connectivity index (χ3v) is 10.5. The Labute approximate surface area is 252 Å². The lowest BCUT2D eigenvalue weighted by molar-refractivity contribution is 0.0665. The Morgan fingerprint density at radius 3 is 1.81 bits per heavy atom. The number of nitrogens with zero attached hydrogens (tertiary/aromatic N) is 2. The molecular formula is C36H41F3N2O2. The first-order valence-electron chi connectivity index (χ1n) is 15.6. The molecule has 0 saturated carbocycles. The Kier molecular flexibility index (Phi) is 8.51. The van der Waals surface area contributed by atoms with Crippen LogP contribution in [0.15, 0.2) is 60.7 Å². The number of hydrogen-bond acceptors (Lipinski definition) is 4. The topological polar surface area (TPSA) is 43.8 Å². The average Bonchev–Trinajstić information content (AvgIpc) is 3.48. The van der Waals surface area contributed by atoms with Gasteiger partial charge in [0.25, 0.3) is 0 Å². The standard InChI is InChI=1S/C21H23F2NO.C15H18FNO/c1-24-10-8-14(9-11-24)19-13-21(25,15-2-4-16(22)5-3-15)20-7-6-17(23)12-18(19)20;1-17-6-4-10(5-7-17)13-9-15(18)12-3-2-11(16)8-14(12)13/h2-7,12,14,19,25H,8-11,13H2,1H3;2-3,8,10,13H,4-7,9H2,1H3. The second-order valence-corrected chi connectivity index (χ2v) is 13.2. The molecule has 3 unspecified atom stereocenters. The molecule has 0 radical (unpaired) electrons. The summed E-state index contributed by atoms with van der Waals surface area (Å²) in [6.45, 7) is 4.22. The summed E-state index contributed by atoms with van der Waals surface area (Å²) < 4.78 is 40.6. The summed E-state index contributed by atoms with van der Waals surface area (Å²) in [5.74, 6) is 0.734. The molecule has 0 bridgehead atoms. The maximum Gasteiger partial charge on any atom is 0.163 e. The number of piperidine rings is 2. The molecule has 0 spiro atoms. The minimum Gasteiger partial charge on any atom is -0.380 e. The van der Waals surface area contributed by atoms with E-state index in [2.05, 4.69) is 23.9 Å². The highest BCUT2D eigenvalue weighted by molar-refractivity contribution is 6.01. The first kappa shape index (κ1) is 30.0. The lowest BCUT2D eigenvalue weighted by Gasteiger charge is -2.34. The van der Waals surface area contributed by atoms with Crippen LogP contribution in [-0.4, -0.2) is 61.0 Å². The number of halogens is 3. The van der Waals surface area contributed by atoms with Gasteiger partial charge in [-0.25, -0.2) is 13.2 Å². The molecule has 0 aromatic heterocycles. The van der Waals surface area contributed by atoms with Gasteiger partial charge in [0, 0.05) is 12.0 Å². The van der Waals surface area contributed by atoms with Gasteiger partial charge >= 0.3 is 0 Å². The molecular weight excluding hydrogens is 549 g/mol. The minimum atomic E-state index is -1.18. The van der Waals surface area contributed by atoms with E-state index < -0.39 is 5.60 Å². The Morgan fingerprint density at radius 1 is 0.698 bits per heavy atom. The van der Waals surface area contributed by atoms with Crippen molar-refractivity contribution in [2.75, 3.05) is 40.3 Å². The number of fused-ring (bicyclic) bond motifs is 2. The monoisotopic (exact) mass is 590 g/mol. The van der Waals surface area contributed by atoms with E-state index >= 15 is 0 Å². The van der Waals surface area contributed by atoms with Crippen molar-refractivity contribution in [1.82, 2.24) is 9.80 Å². The van der Waals surface area contributed by atoms with Gasteiger partial charge in [-0.05, 0) is 161 Å². The Bertz CT molecular complexity index is 1460. The predicted molar refractivity (Wildman–Crippen MR) is 162 cm³/mol. The number of ketones is 1. The SMILES string of the molecule is CN1CCC(C2CC(=O)c3ccc(F)cc32)CC1.CN1CCC(C2CC(O)(c3ccc(F)cc3)c3ccc(F)cc32)CC1. The minimum absolute atomic E-state index is 0.134. The maximum atomic E-state index is 13.9. The van der Waals surface area contributed by atoms with Crippen LogP contribution >= 0.6 is 0 Å². The largest absolute Gasteiger partial charge is 0.380 e. The summed E-state index contributed by atoms with van der Waals surface area (Å²) in [5.41, 5.74) is 2.89. The van der Waals surface area contributed by atoms with Crippen LogP contribution in [0.2, 0.25) is 0 Å². The van der Waals surface area contributed by atoms with E-state index in [1.165, 1.54) is 24.3 Å². The Balaban J connectivity index is 0.000000162. The molecule has 7 heteroatoms. The molecule has 2 heterocycles. The molecule has 2 aliphatic carbocycles. The summed E-state index contributed by atoms with van der Waals surface area (Å²) in [6, 6.07) is 15.3. The lowest BCUT2D eigenvalue weighted by atomic mass is 9.79. The number of carbonyl (C=O) groups is 1. The second-order valence-electron chi connectivity index (χ2n) is 13.2. The molecule has 3 atom stereocenters. The first-order valence-corrected chi connectivity index (χ1v) is 15.6. The van der Waals surface area contributed by atoms with Crippen LogP contribution in [0.5, 0.6) is 0 Å². The van der Waals surface area contributed by atoms with E-state index in [9.17, 15) is 23.1 Å². The number of rotatable bonds is 3. The van der Waals surface area contributed by atoms with Crippen molar-refractivity contribution in [1.29, 1.82) is 0 Å². The summed E-state index contributed by atoms with van der Waals surface area (Å²) in [4.78, 5) is 16.6. The van der Waals surface area contributed by atoms with E-state index in [0.29, 0.717) is 30.2 Å². The smallest absolute Gasteiger partial charge is 0.163 e. The van der Waals surface area contributed by atoms with Gasteiger partial charge in [-0.15, -0.1) is 0 Å². The summed E-state index contributed by atoms with van der Waals surface area (Å²) in [7, 11) is 4.25. The van der Waals surface area contributed by atoms with Crippen LogP contribution in [0.1, 0.15) is 83.0 Å². The van der Waals surface area contributed by atoms with Crippen molar-refractivity contribution in [3.05, 3.63) is 106 Å². The Hall–Kier alpha value is -3.00. The van der Waals surface area contributed by atoms with Gasteiger partial charge in [0.15, 0.2) is 5.78 Å². The summed E-state index contributed by atoms with van der Waals surface area (Å²) >= 11 is 0. The van der Waals surface area contributed by atoms with E-state index in [0.717, 1.165) is 74.1 Å². The number of Topliss-reactive ketones (excluding diaryl/α,β-unsaturated/α-hetero) is 1. The van der Waals surface area contributed by atoms with E-state index in [1.54, 1.807) is 36.4 Å². The molecule has 3 aromatic carbocycles. The third-order valence-electron chi connectivity index (χ3n) is 10.5. The molecule has 2 fully saturated rings. The number of aliphatic hydroxyl groups is 1. The molecule has 2 aliphatic heterocycles. The van der Waals surface area contributed by atoms with Crippen molar-refractivity contribution >= 4 is 5.78 Å². The van der Waals surface area contributed by atoms with Gasteiger partial charge in [-0.3, -0.25) is 4.79 Å². The molecule has 43 heavy (non-hydrogen) atoms. The van der Waals surface area contributed by atoms with Crippen LogP contribution < -0.4 is 0 Å². The number of carbonyl (C=O) groups excluding carboxylic acids is 1. The van der Waals surface area contributed by atoms with Crippen LogP contribution in [-0.2, 0) is 5.60 Å².